The van der Waals surface area contributed by atoms with Crippen LogP contribution in [0, 0.1) is 5.92 Å². The summed E-state index contributed by atoms with van der Waals surface area (Å²) >= 11 is 0. The first-order valence-corrected chi connectivity index (χ1v) is 7.07. The lowest BCUT2D eigenvalue weighted by Gasteiger charge is -2.34. The summed E-state index contributed by atoms with van der Waals surface area (Å²) in [7, 11) is 0. The Kier molecular flexibility index (Phi) is 5.33. The average molecular weight is 262 g/mol. The first-order valence-electron chi connectivity index (χ1n) is 7.07. The number of hydrogen-bond acceptors (Lipinski definition) is 4. The molecule has 0 bridgehead atoms. The molecule has 0 aromatic carbocycles. The van der Waals surface area contributed by atoms with Gasteiger partial charge in [-0.05, 0) is 37.3 Å². The number of pyridine rings is 1. The van der Waals surface area contributed by atoms with Crippen LogP contribution < -0.4 is 5.32 Å². The van der Waals surface area contributed by atoms with E-state index in [1.165, 1.54) is 19.3 Å². The van der Waals surface area contributed by atoms with Crippen LogP contribution in [-0.2, 0) is 16.1 Å². The van der Waals surface area contributed by atoms with E-state index in [1.54, 1.807) is 6.20 Å². The minimum absolute atomic E-state index is 0.0990. The summed E-state index contributed by atoms with van der Waals surface area (Å²) in [6.45, 7) is 3.06. The number of rotatable bonds is 7. The highest BCUT2D eigenvalue weighted by molar-refractivity contribution is 5.70. The Bertz CT molecular complexity index is 390. The third-order valence-electron chi connectivity index (χ3n) is 3.70. The van der Waals surface area contributed by atoms with E-state index in [0.29, 0.717) is 18.9 Å². The molecule has 4 heteroatoms. The highest BCUT2D eigenvalue weighted by Crippen LogP contribution is 2.31. The predicted molar refractivity (Wildman–Crippen MR) is 73.5 cm³/mol. The van der Waals surface area contributed by atoms with Gasteiger partial charge in [-0.25, -0.2) is 0 Å². The van der Waals surface area contributed by atoms with Crippen LogP contribution in [0.4, 0.5) is 0 Å². The molecule has 1 atom stereocenters. The van der Waals surface area contributed by atoms with Crippen LogP contribution in [0.3, 0.4) is 0 Å². The molecule has 1 N–H and O–H groups in total. The van der Waals surface area contributed by atoms with Crippen molar-refractivity contribution >= 4 is 5.97 Å². The molecular weight excluding hydrogens is 240 g/mol. The normalized spacial score (nSPS) is 16.7. The van der Waals surface area contributed by atoms with Crippen LogP contribution in [0.5, 0.6) is 0 Å². The minimum atomic E-state index is -0.0990. The highest BCUT2D eigenvalue weighted by atomic mass is 16.5. The van der Waals surface area contributed by atoms with Crippen molar-refractivity contribution < 1.29 is 9.53 Å². The second-order valence-corrected chi connectivity index (χ2v) is 5.05. The Morgan fingerprint density at radius 2 is 2.42 bits per heavy atom. The first-order chi connectivity index (χ1) is 9.29. The maximum atomic E-state index is 11.6. The van der Waals surface area contributed by atoms with Gasteiger partial charge in [0, 0.05) is 25.0 Å². The highest BCUT2D eigenvalue weighted by Gasteiger charge is 2.29. The van der Waals surface area contributed by atoms with Crippen molar-refractivity contribution in [3.63, 3.8) is 0 Å². The average Bonchev–Trinajstić information content (AvgIpc) is 2.35. The molecule has 1 aromatic heterocycles. The third-order valence-corrected chi connectivity index (χ3v) is 3.70. The van der Waals surface area contributed by atoms with Gasteiger partial charge < -0.3 is 10.1 Å². The first kappa shape index (κ1) is 14.0. The van der Waals surface area contributed by atoms with E-state index in [1.807, 2.05) is 25.3 Å². The summed E-state index contributed by atoms with van der Waals surface area (Å²) < 4.78 is 5.05. The molecule has 2 rings (SSSR count). The van der Waals surface area contributed by atoms with Gasteiger partial charge in [-0.15, -0.1) is 0 Å². The summed E-state index contributed by atoms with van der Waals surface area (Å²) in [6.07, 6.45) is 7.80. The molecule has 0 saturated heterocycles. The quantitative estimate of drug-likeness (QED) is 0.766. The second kappa shape index (κ2) is 7.24. The molecular formula is C15H22N2O2. The number of nitrogens with one attached hydrogen (secondary N) is 1. The van der Waals surface area contributed by atoms with Gasteiger partial charge in [-0.1, -0.05) is 12.5 Å². The smallest absolute Gasteiger partial charge is 0.307 e. The zero-order valence-electron chi connectivity index (χ0n) is 11.5. The predicted octanol–water partition coefficient (Wildman–Crippen LogP) is 2.29. The molecule has 1 saturated carbocycles. The molecule has 0 amide bonds. The van der Waals surface area contributed by atoms with Crippen molar-refractivity contribution in [1.82, 2.24) is 10.3 Å². The van der Waals surface area contributed by atoms with Crippen LogP contribution in [0.2, 0.25) is 0 Å². The Morgan fingerprint density at radius 3 is 3.00 bits per heavy atom. The zero-order chi connectivity index (χ0) is 13.5. The van der Waals surface area contributed by atoms with E-state index in [4.69, 9.17) is 4.74 Å². The zero-order valence-corrected chi connectivity index (χ0v) is 11.5. The summed E-state index contributed by atoms with van der Waals surface area (Å²) in [6, 6.07) is 4.20. The summed E-state index contributed by atoms with van der Waals surface area (Å²) in [4.78, 5) is 15.7. The van der Waals surface area contributed by atoms with E-state index < -0.39 is 0 Å². The Morgan fingerprint density at radius 1 is 1.58 bits per heavy atom. The van der Waals surface area contributed by atoms with Gasteiger partial charge in [0.1, 0.15) is 0 Å². The van der Waals surface area contributed by atoms with E-state index in [-0.39, 0.29) is 12.0 Å². The SMILES string of the molecule is CCOC(=O)CC(NCc1cccnc1)C1CCC1. The van der Waals surface area contributed by atoms with E-state index in [9.17, 15) is 4.79 Å². The molecule has 0 radical (unpaired) electrons. The molecule has 1 heterocycles. The van der Waals surface area contributed by atoms with Crippen molar-refractivity contribution in [3.8, 4) is 0 Å². The van der Waals surface area contributed by atoms with Crippen LogP contribution >= 0.6 is 0 Å². The van der Waals surface area contributed by atoms with Crippen molar-refractivity contribution in [1.29, 1.82) is 0 Å². The number of nitrogens with zero attached hydrogens (tertiary/aromatic N) is 1. The van der Waals surface area contributed by atoms with Crippen LogP contribution in [0.15, 0.2) is 24.5 Å². The molecule has 1 aliphatic carbocycles. The molecule has 4 nitrogen and oxygen atoms in total. The molecule has 1 aromatic rings. The summed E-state index contributed by atoms with van der Waals surface area (Å²) in [5.74, 6) is 0.513. The number of ether oxygens (including phenoxy) is 1. The monoisotopic (exact) mass is 262 g/mol. The van der Waals surface area contributed by atoms with Crippen molar-refractivity contribution in [3.05, 3.63) is 30.1 Å². The second-order valence-electron chi connectivity index (χ2n) is 5.05. The fourth-order valence-corrected chi connectivity index (χ4v) is 2.40. The molecule has 0 spiro atoms. The fraction of sp³-hybridized carbons (Fsp3) is 0.600. The van der Waals surface area contributed by atoms with Gasteiger partial charge >= 0.3 is 5.97 Å². The van der Waals surface area contributed by atoms with Gasteiger partial charge in [-0.2, -0.15) is 0 Å². The maximum absolute atomic E-state index is 11.6. The fourth-order valence-electron chi connectivity index (χ4n) is 2.40. The summed E-state index contributed by atoms with van der Waals surface area (Å²) in [5, 5.41) is 3.49. The number of hydrogen-bond donors (Lipinski definition) is 1. The van der Waals surface area contributed by atoms with Gasteiger partial charge in [0.15, 0.2) is 0 Å². The molecule has 1 fully saturated rings. The maximum Gasteiger partial charge on any atom is 0.307 e. The lowest BCUT2D eigenvalue weighted by molar-refractivity contribution is -0.144. The number of carbonyl (C=O) groups excluding carboxylic acids is 1. The van der Waals surface area contributed by atoms with Gasteiger partial charge in [0.05, 0.1) is 13.0 Å². The Labute approximate surface area is 114 Å². The topological polar surface area (TPSA) is 51.2 Å². The number of esters is 1. The van der Waals surface area contributed by atoms with E-state index in [2.05, 4.69) is 10.3 Å². The molecule has 104 valence electrons. The van der Waals surface area contributed by atoms with Crippen molar-refractivity contribution in [2.24, 2.45) is 5.92 Å². The van der Waals surface area contributed by atoms with E-state index in [0.717, 1.165) is 12.1 Å². The molecule has 19 heavy (non-hydrogen) atoms. The van der Waals surface area contributed by atoms with Crippen LogP contribution in [-0.4, -0.2) is 23.6 Å². The minimum Gasteiger partial charge on any atom is -0.466 e. The molecule has 1 aliphatic rings. The Balaban J connectivity index is 1.85. The van der Waals surface area contributed by atoms with Crippen LogP contribution in [0.1, 0.15) is 38.2 Å². The molecule has 1 unspecified atom stereocenters. The summed E-state index contributed by atoms with van der Waals surface area (Å²) in [5.41, 5.74) is 1.15. The van der Waals surface area contributed by atoms with Gasteiger partial charge in [-0.3, -0.25) is 9.78 Å². The molecule has 0 aliphatic heterocycles. The van der Waals surface area contributed by atoms with E-state index >= 15 is 0 Å². The lowest BCUT2D eigenvalue weighted by Crippen LogP contribution is -2.41. The van der Waals surface area contributed by atoms with Crippen molar-refractivity contribution in [2.45, 2.75) is 45.2 Å². The van der Waals surface area contributed by atoms with Crippen molar-refractivity contribution in [2.75, 3.05) is 6.61 Å². The number of carbonyl (C=O) groups is 1. The largest absolute Gasteiger partial charge is 0.466 e. The van der Waals surface area contributed by atoms with Crippen LogP contribution in [0.25, 0.3) is 0 Å². The lowest BCUT2D eigenvalue weighted by atomic mass is 9.78. The third kappa shape index (κ3) is 4.31. The van der Waals surface area contributed by atoms with Gasteiger partial charge in [0.2, 0.25) is 0 Å². The van der Waals surface area contributed by atoms with Gasteiger partial charge in [0.25, 0.3) is 0 Å². The number of aromatic nitrogens is 1. The Hall–Kier alpha value is -1.42. The standard InChI is InChI=1S/C15H22N2O2/c1-2-19-15(18)9-14(13-6-3-7-13)17-11-12-5-4-8-16-10-12/h4-5,8,10,13-14,17H,2-3,6-7,9,11H2,1H3.